The van der Waals surface area contributed by atoms with Gasteiger partial charge in [0.25, 0.3) is 0 Å². The van der Waals surface area contributed by atoms with Crippen molar-refractivity contribution in [2.45, 2.75) is 45.6 Å². The fourth-order valence-electron chi connectivity index (χ4n) is 2.14. The highest BCUT2D eigenvalue weighted by Crippen LogP contribution is 2.34. The molecule has 0 aromatic heterocycles. The highest BCUT2D eigenvalue weighted by atomic mass is 16.5. The lowest BCUT2D eigenvalue weighted by atomic mass is 9.87. The zero-order valence-corrected chi connectivity index (χ0v) is 11.1. The molecule has 0 unspecified atom stereocenters. The van der Waals surface area contributed by atoms with E-state index in [1.165, 1.54) is 0 Å². The Morgan fingerprint density at radius 3 is 2.78 bits per heavy atom. The van der Waals surface area contributed by atoms with Crippen LogP contribution in [0.2, 0.25) is 0 Å². The molecule has 1 fully saturated rings. The van der Waals surface area contributed by atoms with Gasteiger partial charge in [0, 0.05) is 5.48 Å². The van der Waals surface area contributed by atoms with Gasteiger partial charge in [-0.05, 0) is 75.8 Å². The van der Waals surface area contributed by atoms with E-state index < -0.39 is 13.0 Å². The van der Waals surface area contributed by atoms with E-state index in [4.69, 9.17) is 17.3 Å². The first-order chi connectivity index (χ1) is 10.4. The van der Waals surface area contributed by atoms with Crippen LogP contribution in [-0.2, 0) is 0 Å². The van der Waals surface area contributed by atoms with Gasteiger partial charge in [0.15, 0.2) is 0 Å². The summed E-state index contributed by atoms with van der Waals surface area (Å²) in [5.74, 6) is 0.0608. The molecule has 3 heteroatoms. The molecule has 18 heavy (non-hydrogen) atoms. The van der Waals surface area contributed by atoms with Gasteiger partial charge >= 0.3 is 0 Å². The quantitative estimate of drug-likeness (QED) is 0.814. The van der Waals surface area contributed by atoms with Crippen molar-refractivity contribution in [3.05, 3.63) is 23.2 Å². The van der Waals surface area contributed by atoms with Crippen LogP contribution in [0.25, 0.3) is 0 Å². The van der Waals surface area contributed by atoms with Crippen LogP contribution in [0.5, 0.6) is 5.75 Å². The lowest BCUT2D eigenvalue weighted by Gasteiger charge is -2.25. The molecule has 2 rings (SSSR count). The maximum atomic E-state index is 8.18. The van der Waals surface area contributed by atoms with E-state index in [1.54, 1.807) is 13.0 Å². The second-order valence-corrected chi connectivity index (χ2v) is 4.88. The highest BCUT2D eigenvalue weighted by molar-refractivity contribution is 5.57. The Balaban J connectivity index is 2.48. The van der Waals surface area contributed by atoms with Crippen molar-refractivity contribution in [2.75, 3.05) is 18.7 Å². The molecule has 100 valence electrons. The Kier molecular flexibility index (Phi) is 2.51. The zero-order valence-electron chi connectivity index (χ0n) is 16.1. The van der Waals surface area contributed by atoms with Crippen LogP contribution < -0.4 is 15.8 Å². The molecule has 1 heterocycles. The third-order valence-corrected chi connectivity index (χ3v) is 2.98. The fraction of sp³-hybridized carbons (Fsp3) is 0.600. The summed E-state index contributed by atoms with van der Waals surface area (Å²) >= 11 is 0. The smallest absolute Gasteiger partial charge is 0.142 e. The van der Waals surface area contributed by atoms with Crippen molar-refractivity contribution in [3.8, 4) is 5.75 Å². The minimum Gasteiger partial charge on any atom is -0.489 e. The van der Waals surface area contributed by atoms with Crippen molar-refractivity contribution in [2.24, 2.45) is 0 Å². The van der Waals surface area contributed by atoms with E-state index in [1.807, 2.05) is 13.8 Å². The maximum absolute atomic E-state index is 8.18. The number of piperidine rings is 1. The molecular weight excluding hydrogens is 224 g/mol. The summed E-state index contributed by atoms with van der Waals surface area (Å²) in [5.41, 5.74) is 7.61. The molecule has 3 N–H and O–H groups in total. The van der Waals surface area contributed by atoms with Crippen molar-refractivity contribution in [1.82, 2.24) is 5.32 Å². The van der Waals surface area contributed by atoms with Crippen LogP contribution in [0, 0.1) is 6.92 Å². The second-order valence-electron chi connectivity index (χ2n) is 4.88. The molecule has 1 aromatic rings. The van der Waals surface area contributed by atoms with Crippen molar-refractivity contribution in [1.29, 1.82) is 0 Å². The molecule has 0 bridgehead atoms. The van der Waals surface area contributed by atoms with Crippen molar-refractivity contribution >= 4 is 5.69 Å². The third-order valence-electron chi connectivity index (χ3n) is 2.98. The number of hydrogen-bond donors (Lipinski definition) is 2. The summed E-state index contributed by atoms with van der Waals surface area (Å²) < 4.78 is 45.5. The summed E-state index contributed by atoms with van der Waals surface area (Å²) in [6.45, 7) is 1.89. The highest BCUT2D eigenvalue weighted by Gasteiger charge is 2.19. The monoisotopic (exact) mass is 253 g/mol. The number of anilines is 1. The summed E-state index contributed by atoms with van der Waals surface area (Å²) in [4.78, 5) is 0. The van der Waals surface area contributed by atoms with E-state index in [-0.39, 0.29) is 36.6 Å². The molecule has 0 spiro atoms. The van der Waals surface area contributed by atoms with Crippen LogP contribution in [0.3, 0.4) is 0 Å². The SMILES string of the molecule is [2H]c1c(C)c(C2CC([2H])([2H])NC([2H])([2H])C2)cc(OC(C)C)c1N. The van der Waals surface area contributed by atoms with Gasteiger partial charge in [0.05, 0.1) is 13.2 Å². The van der Waals surface area contributed by atoms with E-state index in [0.717, 1.165) is 5.56 Å². The van der Waals surface area contributed by atoms with Crippen molar-refractivity contribution in [3.63, 3.8) is 0 Å². The summed E-state index contributed by atoms with van der Waals surface area (Å²) in [6, 6.07) is 1.91. The topological polar surface area (TPSA) is 47.3 Å². The summed E-state index contributed by atoms with van der Waals surface area (Å²) in [5, 5.41) is 2.39. The van der Waals surface area contributed by atoms with E-state index in [9.17, 15) is 0 Å². The molecule has 0 radical (unpaired) electrons. The molecule has 0 amide bonds. The van der Waals surface area contributed by atoms with Crippen LogP contribution >= 0.6 is 0 Å². The van der Waals surface area contributed by atoms with Gasteiger partial charge in [0.1, 0.15) is 5.75 Å². The van der Waals surface area contributed by atoms with E-state index in [2.05, 4.69) is 5.32 Å². The van der Waals surface area contributed by atoms with E-state index in [0.29, 0.717) is 11.3 Å². The Bertz CT molecular complexity index is 588. The lowest BCUT2D eigenvalue weighted by molar-refractivity contribution is 0.243. The minimum absolute atomic E-state index is 0.0989. The fourth-order valence-corrected chi connectivity index (χ4v) is 2.14. The Hall–Kier alpha value is -1.22. The Labute approximate surface area is 117 Å². The minimum atomic E-state index is -1.80. The number of benzene rings is 1. The van der Waals surface area contributed by atoms with Gasteiger partial charge in [-0.3, -0.25) is 0 Å². The number of hydrogen-bond acceptors (Lipinski definition) is 3. The normalized spacial score (nSPS) is 26.8. The van der Waals surface area contributed by atoms with Gasteiger partial charge in [-0.25, -0.2) is 0 Å². The largest absolute Gasteiger partial charge is 0.489 e. The Morgan fingerprint density at radius 1 is 1.50 bits per heavy atom. The van der Waals surface area contributed by atoms with Crippen LogP contribution in [0.4, 0.5) is 5.69 Å². The van der Waals surface area contributed by atoms with Gasteiger partial charge < -0.3 is 15.8 Å². The molecule has 0 atom stereocenters. The summed E-state index contributed by atoms with van der Waals surface area (Å²) in [7, 11) is 0. The third kappa shape index (κ3) is 2.96. The standard InChI is InChI=1S/C15H24N2O/c1-10(2)18-15-9-13(11(3)8-14(15)16)12-4-6-17-7-5-12/h8-10,12,17H,4-7,16H2,1-3H3/i6D2,7D2,8D. The second kappa shape index (κ2) is 5.61. The van der Waals surface area contributed by atoms with Crippen LogP contribution in [-0.4, -0.2) is 19.1 Å². The van der Waals surface area contributed by atoms with E-state index >= 15 is 0 Å². The number of rotatable bonds is 3. The average Bonchev–Trinajstić information content (AvgIpc) is 2.35. The Morgan fingerprint density at radius 2 is 2.17 bits per heavy atom. The molecule has 0 aliphatic carbocycles. The number of nitrogen functional groups attached to an aromatic ring is 1. The first kappa shape index (κ1) is 8.05. The van der Waals surface area contributed by atoms with Gasteiger partial charge in [-0.1, -0.05) is 0 Å². The molecule has 3 nitrogen and oxygen atoms in total. The van der Waals surface area contributed by atoms with Gasteiger partial charge in [-0.2, -0.15) is 0 Å². The number of ether oxygens (including phenoxy) is 1. The van der Waals surface area contributed by atoms with Crippen LogP contribution in [0.1, 0.15) is 50.6 Å². The number of nitrogens with two attached hydrogens (primary N) is 1. The predicted molar refractivity (Wildman–Crippen MR) is 76.2 cm³/mol. The molecule has 1 aromatic carbocycles. The molecular formula is C15H24N2O. The molecule has 1 aliphatic heterocycles. The number of nitrogens with one attached hydrogen (secondary N) is 1. The first-order valence-corrected chi connectivity index (χ1v) is 6.27. The molecule has 1 saturated heterocycles. The summed E-state index contributed by atoms with van der Waals surface area (Å²) in [6.07, 6.45) is 0.175. The lowest BCUT2D eigenvalue weighted by Crippen LogP contribution is -2.27. The zero-order chi connectivity index (χ0) is 17.6. The van der Waals surface area contributed by atoms with Crippen LogP contribution in [0.15, 0.2) is 12.1 Å². The van der Waals surface area contributed by atoms with Gasteiger partial charge in [0.2, 0.25) is 0 Å². The first-order valence-electron chi connectivity index (χ1n) is 8.77. The average molecular weight is 253 g/mol. The maximum Gasteiger partial charge on any atom is 0.142 e. The van der Waals surface area contributed by atoms with Gasteiger partial charge in [-0.15, -0.1) is 0 Å². The predicted octanol–water partition coefficient (Wildman–Crippen LogP) is 2.83. The molecule has 0 saturated carbocycles. The molecule has 1 aliphatic rings. The van der Waals surface area contributed by atoms with Crippen molar-refractivity contribution < 1.29 is 11.6 Å².